The maximum Gasteiger partial charge on any atom is 0.254 e. The van der Waals surface area contributed by atoms with Gasteiger partial charge in [-0.25, -0.2) is 9.97 Å². The van der Waals surface area contributed by atoms with E-state index in [-0.39, 0.29) is 11.8 Å². The summed E-state index contributed by atoms with van der Waals surface area (Å²) in [5, 5.41) is 2.85. The molecule has 1 aliphatic heterocycles. The lowest BCUT2D eigenvalue weighted by molar-refractivity contribution is -0.129. The molecule has 0 radical (unpaired) electrons. The lowest BCUT2D eigenvalue weighted by atomic mass is 10.2. The third kappa shape index (κ3) is 4.72. The first-order chi connectivity index (χ1) is 13.1. The summed E-state index contributed by atoms with van der Waals surface area (Å²) in [6, 6.07) is 7.51. The summed E-state index contributed by atoms with van der Waals surface area (Å²) in [5.41, 5.74) is 1.39. The standard InChI is InChI=1S/C19H23N5O3/c1-14(25)23-7-9-24(10-8-23)19-21-12-16(13-22-19)18(26)20-11-15-3-5-17(27-2)6-4-15/h3-6,12-13H,7-11H2,1-2H3,(H,20,26). The van der Waals surface area contributed by atoms with Gasteiger partial charge < -0.3 is 19.9 Å². The minimum Gasteiger partial charge on any atom is -0.497 e. The monoisotopic (exact) mass is 369 g/mol. The second kappa shape index (κ2) is 8.48. The number of hydrogen-bond donors (Lipinski definition) is 1. The summed E-state index contributed by atoms with van der Waals surface area (Å²) in [6.45, 7) is 4.67. The van der Waals surface area contributed by atoms with Crippen molar-refractivity contribution in [2.24, 2.45) is 0 Å². The second-order valence-electron chi connectivity index (χ2n) is 6.30. The van der Waals surface area contributed by atoms with Crippen molar-refractivity contribution in [1.82, 2.24) is 20.2 Å². The summed E-state index contributed by atoms with van der Waals surface area (Å²) in [5.74, 6) is 1.21. The number of aromatic nitrogens is 2. The van der Waals surface area contributed by atoms with Crippen molar-refractivity contribution in [1.29, 1.82) is 0 Å². The molecular formula is C19H23N5O3. The fraction of sp³-hybridized carbons (Fsp3) is 0.368. The van der Waals surface area contributed by atoms with Crippen LogP contribution in [-0.2, 0) is 11.3 Å². The number of methoxy groups -OCH3 is 1. The first kappa shape index (κ1) is 18.6. The van der Waals surface area contributed by atoms with Crippen LogP contribution in [0.1, 0.15) is 22.8 Å². The van der Waals surface area contributed by atoms with E-state index >= 15 is 0 Å². The molecule has 0 unspecified atom stereocenters. The second-order valence-corrected chi connectivity index (χ2v) is 6.30. The van der Waals surface area contributed by atoms with Crippen LogP contribution >= 0.6 is 0 Å². The molecule has 0 bridgehead atoms. The van der Waals surface area contributed by atoms with E-state index in [9.17, 15) is 9.59 Å². The lowest BCUT2D eigenvalue weighted by Crippen LogP contribution is -2.48. The molecule has 1 saturated heterocycles. The van der Waals surface area contributed by atoms with E-state index in [0.29, 0.717) is 44.2 Å². The normalized spacial score (nSPS) is 14.0. The maximum absolute atomic E-state index is 12.3. The van der Waals surface area contributed by atoms with Gasteiger partial charge in [0.25, 0.3) is 5.91 Å². The Hall–Kier alpha value is -3.16. The number of nitrogens with one attached hydrogen (secondary N) is 1. The average Bonchev–Trinajstić information content (AvgIpc) is 2.72. The topological polar surface area (TPSA) is 87.7 Å². The molecule has 1 fully saturated rings. The van der Waals surface area contributed by atoms with Gasteiger partial charge in [-0.3, -0.25) is 9.59 Å². The SMILES string of the molecule is COc1ccc(CNC(=O)c2cnc(N3CCN(C(C)=O)CC3)nc2)cc1. The van der Waals surface area contributed by atoms with E-state index in [1.165, 1.54) is 12.4 Å². The van der Waals surface area contributed by atoms with Gasteiger partial charge in [0.2, 0.25) is 11.9 Å². The zero-order valence-electron chi connectivity index (χ0n) is 15.5. The van der Waals surface area contributed by atoms with Crippen molar-refractivity contribution in [3.63, 3.8) is 0 Å². The first-order valence-electron chi connectivity index (χ1n) is 8.80. The molecule has 1 aromatic carbocycles. The number of piperazine rings is 1. The number of hydrogen-bond acceptors (Lipinski definition) is 6. The molecule has 142 valence electrons. The molecule has 2 aromatic rings. The number of anilines is 1. The Labute approximate surface area is 158 Å². The minimum absolute atomic E-state index is 0.0828. The van der Waals surface area contributed by atoms with Crippen LogP contribution in [0.25, 0.3) is 0 Å². The van der Waals surface area contributed by atoms with Crippen molar-refractivity contribution < 1.29 is 14.3 Å². The Morgan fingerprint density at radius 1 is 1.07 bits per heavy atom. The predicted octanol–water partition coefficient (Wildman–Crippen LogP) is 1.08. The van der Waals surface area contributed by atoms with Crippen LogP contribution in [-0.4, -0.2) is 60.0 Å². The largest absolute Gasteiger partial charge is 0.497 e. The summed E-state index contributed by atoms with van der Waals surface area (Å²) in [4.78, 5) is 36.1. The molecule has 27 heavy (non-hydrogen) atoms. The molecule has 3 rings (SSSR count). The van der Waals surface area contributed by atoms with Gasteiger partial charge in [-0.1, -0.05) is 12.1 Å². The van der Waals surface area contributed by atoms with Crippen LogP contribution in [0.4, 0.5) is 5.95 Å². The fourth-order valence-electron chi connectivity index (χ4n) is 2.85. The highest BCUT2D eigenvalue weighted by Gasteiger charge is 2.20. The molecule has 1 aliphatic rings. The van der Waals surface area contributed by atoms with Gasteiger partial charge in [-0.15, -0.1) is 0 Å². The first-order valence-corrected chi connectivity index (χ1v) is 8.80. The van der Waals surface area contributed by atoms with Crippen molar-refractivity contribution in [3.8, 4) is 5.75 Å². The molecule has 0 saturated carbocycles. The smallest absolute Gasteiger partial charge is 0.254 e. The van der Waals surface area contributed by atoms with E-state index in [0.717, 1.165) is 11.3 Å². The van der Waals surface area contributed by atoms with Gasteiger partial charge in [-0.05, 0) is 17.7 Å². The predicted molar refractivity (Wildman–Crippen MR) is 101 cm³/mol. The highest BCUT2D eigenvalue weighted by Crippen LogP contribution is 2.12. The van der Waals surface area contributed by atoms with E-state index in [4.69, 9.17) is 4.74 Å². The van der Waals surface area contributed by atoms with Gasteiger partial charge in [0.05, 0.1) is 12.7 Å². The highest BCUT2D eigenvalue weighted by molar-refractivity contribution is 5.93. The number of carbonyl (C=O) groups excluding carboxylic acids is 2. The van der Waals surface area contributed by atoms with E-state index in [1.807, 2.05) is 29.2 Å². The Morgan fingerprint density at radius 3 is 2.26 bits per heavy atom. The molecule has 1 N–H and O–H groups in total. The number of nitrogens with zero attached hydrogens (tertiary/aromatic N) is 4. The van der Waals surface area contributed by atoms with Crippen molar-refractivity contribution in [3.05, 3.63) is 47.8 Å². The molecule has 8 nitrogen and oxygen atoms in total. The minimum atomic E-state index is -0.223. The molecular weight excluding hydrogens is 346 g/mol. The third-order valence-corrected chi connectivity index (χ3v) is 4.52. The molecule has 8 heteroatoms. The van der Waals surface area contributed by atoms with Gasteiger partial charge in [-0.2, -0.15) is 0 Å². The quantitative estimate of drug-likeness (QED) is 0.849. The number of ether oxygens (including phenoxy) is 1. The van der Waals surface area contributed by atoms with Crippen LogP contribution in [0.15, 0.2) is 36.7 Å². The number of amides is 2. The number of carbonyl (C=O) groups is 2. The Morgan fingerprint density at radius 2 is 1.70 bits per heavy atom. The molecule has 1 aromatic heterocycles. The maximum atomic E-state index is 12.3. The van der Waals surface area contributed by atoms with Gasteiger partial charge >= 0.3 is 0 Å². The van der Waals surface area contributed by atoms with Crippen molar-refractivity contribution >= 4 is 17.8 Å². The summed E-state index contributed by atoms with van der Waals surface area (Å²) < 4.78 is 5.12. The van der Waals surface area contributed by atoms with Gasteiger partial charge in [0, 0.05) is 52.0 Å². The molecule has 2 heterocycles. The Kier molecular flexibility index (Phi) is 5.85. The summed E-state index contributed by atoms with van der Waals surface area (Å²) >= 11 is 0. The summed E-state index contributed by atoms with van der Waals surface area (Å²) in [6.07, 6.45) is 3.06. The molecule has 2 amide bonds. The fourth-order valence-corrected chi connectivity index (χ4v) is 2.85. The Balaban J connectivity index is 1.53. The zero-order chi connectivity index (χ0) is 19.2. The van der Waals surface area contributed by atoms with Gasteiger partial charge in [0.15, 0.2) is 0 Å². The van der Waals surface area contributed by atoms with E-state index in [2.05, 4.69) is 15.3 Å². The zero-order valence-corrected chi connectivity index (χ0v) is 15.5. The average molecular weight is 369 g/mol. The van der Waals surface area contributed by atoms with E-state index < -0.39 is 0 Å². The highest BCUT2D eigenvalue weighted by atomic mass is 16.5. The summed E-state index contributed by atoms with van der Waals surface area (Å²) in [7, 11) is 1.61. The van der Waals surface area contributed by atoms with Crippen LogP contribution in [0.5, 0.6) is 5.75 Å². The number of benzene rings is 1. The Bertz CT molecular complexity index is 784. The van der Waals surface area contributed by atoms with Crippen LogP contribution < -0.4 is 15.0 Å². The van der Waals surface area contributed by atoms with E-state index in [1.54, 1.807) is 18.9 Å². The molecule has 0 spiro atoms. The van der Waals surface area contributed by atoms with Crippen LogP contribution in [0.2, 0.25) is 0 Å². The van der Waals surface area contributed by atoms with Crippen LogP contribution in [0, 0.1) is 0 Å². The van der Waals surface area contributed by atoms with Crippen molar-refractivity contribution in [2.75, 3.05) is 38.2 Å². The van der Waals surface area contributed by atoms with Crippen LogP contribution in [0.3, 0.4) is 0 Å². The molecule has 0 atom stereocenters. The van der Waals surface area contributed by atoms with Crippen molar-refractivity contribution in [2.45, 2.75) is 13.5 Å². The molecule has 0 aliphatic carbocycles. The lowest BCUT2D eigenvalue weighted by Gasteiger charge is -2.34. The van der Waals surface area contributed by atoms with Gasteiger partial charge in [0.1, 0.15) is 5.75 Å². The number of rotatable bonds is 5. The third-order valence-electron chi connectivity index (χ3n) is 4.52.